The SMILES string of the molecule is OCc1ccccc1.O[C@H]1C=CC[CH-]C1.[W]. The van der Waals surface area contributed by atoms with Gasteiger partial charge in [0.1, 0.15) is 0 Å². The summed E-state index contributed by atoms with van der Waals surface area (Å²) >= 11 is 0. The molecule has 0 bridgehead atoms. The Bertz CT molecular complexity index is 285. The minimum absolute atomic E-state index is 0. The number of benzene rings is 1. The van der Waals surface area contributed by atoms with Crippen LogP contribution in [0.3, 0.4) is 0 Å². The first-order valence-electron chi connectivity index (χ1n) is 5.14. The standard InChI is InChI=1S/C7H8O.C6H9O.W/c8-6-7-4-2-1-3-5-7;7-6-4-2-1-3-5-6;/h1-5,8H,6H2;2-4,6-7H,1,5H2;/q;-1;/t;6-;/m.0./s1. The Kier molecular flexibility index (Phi) is 9.51. The number of aliphatic hydroxyl groups excluding tert-OH is 2. The second kappa shape index (κ2) is 9.77. The van der Waals surface area contributed by atoms with Crippen molar-refractivity contribution < 1.29 is 31.3 Å². The molecular formula is C13H17O2W-. The molecule has 2 rings (SSSR count). The van der Waals surface area contributed by atoms with Crippen molar-refractivity contribution in [3.63, 3.8) is 0 Å². The normalized spacial score (nSPS) is 18.0. The van der Waals surface area contributed by atoms with E-state index in [1.807, 2.05) is 42.5 Å². The molecule has 0 aliphatic heterocycles. The number of rotatable bonds is 1. The van der Waals surface area contributed by atoms with E-state index in [0.717, 1.165) is 18.4 Å². The van der Waals surface area contributed by atoms with Crippen LogP contribution in [0.2, 0.25) is 0 Å². The zero-order chi connectivity index (χ0) is 10.9. The van der Waals surface area contributed by atoms with Crippen molar-refractivity contribution in [3.8, 4) is 0 Å². The van der Waals surface area contributed by atoms with Gasteiger partial charge in [-0.1, -0.05) is 36.4 Å². The van der Waals surface area contributed by atoms with Crippen LogP contribution in [0.25, 0.3) is 0 Å². The van der Waals surface area contributed by atoms with Crippen molar-refractivity contribution in [2.75, 3.05) is 0 Å². The molecule has 1 aliphatic carbocycles. The van der Waals surface area contributed by atoms with Gasteiger partial charge in [-0.2, -0.15) is 6.42 Å². The molecule has 0 fully saturated rings. The number of hydrogen-bond donors (Lipinski definition) is 2. The third-order valence-electron chi connectivity index (χ3n) is 2.09. The minimum Gasteiger partial charge on any atom is -0.392 e. The summed E-state index contributed by atoms with van der Waals surface area (Å²) in [5.41, 5.74) is 0.965. The van der Waals surface area contributed by atoms with Crippen molar-refractivity contribution in [2.24, 2.45) is 0 Å². The molecule has 1 aliphatic rings. The van der Waals surface area contributed by atoms with E-state index >= 15 is 0 Å². The van der Waals surface area contributed by atoms with Crippen LogP contribution in [0.5, 0.6) is 0 Å². The second-order valence-corrected chi connectivity index (χ2v) is 3.40. The molecule has 3 heteroatoms. The van der Waals surface area contributed by atoms with Crippen LogP contribution in [-0.4, -0.2) is 16.3 Å². The van der Waals surface area contributed by atoms with E-state index in [0.29, 0.717) is 0 Å². The summed E-state index contributed by atoms with van der Waals surface area (Å²) < 4.78 is 0. The third kappa shape index (κ3) is 6.94. The quantitative estimate of drug-likeness (QED) is 0.571. The Morgan fingerprint density at radius 1 is 1.25 bits per heavy atom. The summed E-state index contributed by atoms with van der Waals surface area (Å²) in [5.74, 6) is 0. The fourth-order valence-electron chi connectivity index (χ4n) is 1.26. The third-order valence-corrected chi connectivity index (χ3v) is 2.09. The van der Waals surface area contributed by atoms with Gasteiger partial charge in [0.05, 0.1) is 6.61 Å². The molecule has 1 aromatic rings. The van der Waals surface area contributed by atoms with Crippen LogP contribution in [0.15, 0.2) is 42.5 Å². The van der Waals surface area contributed by atoms with Gasteiger partial charge in [-0.05, 0) is 5.56 Å². The average Bonchev–Trinajstić information content (AvgIpc) is 2.32. The predicted molar refractivity (Wildman–Crippen MR) is 61.0 cm³/mol. The van der Waals surface area contributed by atoms with Gasteiger partial charge in [-0.15, -0.1) is 12.5 Å². The Balaban J connectivity index is 0.000000267. The van der Waals surface area contributed by atoms with E-state index in [4.69, 9.17) is 10.2 Å². The fourth-order valence-corrected chi connectivity index (χ4v) is 1.26. The second-order valence-electron chi connectivity index (χ2n) is 3.40. The van der Waals surface area contributed by atoms with Gasteiger partial charge in [0.25, 0.3) is 0 Å². The van der Waals surface area contributed by atoms with Gasteiger partial charge in [0, 0.05) is 27.2 Å². The summed E-state index contributed by atoms with van der Waals surface area (Å²) in [6.45, 7) is 0.140. The zero-order valence-corrected chi connectivity index (χ0v) is 12.1. The van der Waals surface area contributed by atoms with Gasteiger partial charge in [0.15, 0.2) is 0 Å². The molecule has 88 valence electrons. The first kappa shape index (κ1) is 15.6. The van der Waals surface area contributed by atoms with E-state index < -0.39 is 0 Å². The molecule has 0 heterocycles. The maximum absolute atomic E-state index is 8.79. The van der Waals surface area contributed by atoms with Crippen molar-refractivity contribution in [1.82, 2.24) is 0 Å². The molecule has 0 amide bonds. The minimum atomic E-state index is -0.200. The molecule has 0 saturated heterocycles. The van der Waals surface area contributed by atoms with Crippen molar-refractivity contribution in [3.05, 3.63) is 54.5 Å². The van der Waals surface area contributed by atoms with Crippen molar-refractivity contribution in [2.45, 2.75) is 25.6 Å². The van der Waals surface area contributed by atoms with Crippen LogP contribution in [-0.2, 0) is 27.7 Å². The molecule has 0 saturated carbocycles. The van der Waals surface area contributed by atoms with E-state index in [1.54, 1.807) is 0 Å². The van der Waals surface area contributed by atoms with Crippen LogP contribution >= 0.6 is 0 Å². The molecule has 0 radical (unpaired) electrons. The molecule has 0 unspecified atom stereocenters. The van der Waals surface area contributed by atoms with Crippen molar-refractivity contribution in [1.29, 1.82) is 0 Å². The van der Waals surface area contributed by atoms with Crippen LogP contribution in [0.4, 0.5) is 0 Å². The van der Waals surface area contributed by atoms with Crippen LogP contribution in [0.1, 0.15) is 18.4 Å². The Morgan fingerprint density at radius 2 is 1.94 bits per heavy atom. The van der Waals surface area contributed by atoms with Gasteiger partial charge < -0.3 is 16.6 Å². The molecular weight excluding hydrogens is 372 g/mol. The Morgan fingerprint density at radius 3 is 2.25 bits per heavy atom. The van der Waals surface area contributed by atoms with E-state index in [1.165, 1.54) is 0 Å². The largest absolute Gasteiger partial charge is 0.392 e. The number of allylic oxidation sites excluding steroid dienone is 1. The Hall–Kier alpha value is -0.432. The molecule has 0 spiro atoms. The molecule has 0 aromatic heterocycles. The molecule has 1 aromatic carbocycles. The summed E-state index contributed by atoms with van der Waals surface area (Å²) in [6, 6.07) is 9.52. The molecule has 2 nitrogen and oxygen atoms in total. The van der Waals surface area contributed by atoms with E-state index in [2.05, 4.69) is 6.42 Å². The number of aliphatic hydroxyl groups is 2. The maximum Gasteiger partial charge on any atom is 0.0681 e. The molecule has 1 atom stereocenters. The molecule has 2 N–H and O–H groups in total. The Labute approximate surface area is 111 Å². The topological polar surface area (TPSA) is 40.5 Å². The van der Waals surface area contributed by atoms with Crippen LogP contribution in [0, 0.1) is 6.42 Å². The number of hydrogen-bond acceptors (Lipinski definition) is 2. The van der Waals surface area contributed by atoms with Gasteiger partial charge in [-0.3, -0.25) is 0 Å². The summed E-state index contributed by atoms with van der Waals surface area (Å²) in [7, 11) is 0. The maximum atomic E-state index is 8.79. The molecule has 16 heavy (non-hydrogen) atoms. The summed E-state index contributed by atoms with van der Waals surface area (Å²) in [6.07, 6.45) is 7.54. The predicted octanol–water partition coefficient (Wildman–Crippen LogP) is 2.08. The monoisotopic (exact) mass is 389 g/mol. The average molecular weight is 389 g/mol. The fraction of sp³-hybridized carbons (Fsp3) is 0.308. The first-order chi connectivity index (χ1) is 7.33. The van der Waals surface area contributed by atoms with Crippen LogP contribution < -0.4 is 0 Å². The zero-order valence-electron chi connectivity index (χ0n) is 9.12. The van der Waals surface area contributed by atoms with Gasteiger partial charge in [-0.25, -0.2) is 0 Å². The van der Waals surface area contributed by atoms with Gasteiger partial charge >= 0.3 is 0 Å². The van der Waals surface area contributed by atoms with Gasteiger partial charge in [0.2, 0.25) is 0 Å². The van der Waals surface area contributed by atoms with E-state index in [-0.39, 0.29) is 33.8 Å². The smallest absolute Gasteiger partial charge is 0.0681 e. The summed E-state index contributed by atoms with van der Waals surface area (Å²) in [4.78, 5) is 0. The van der Waals surface area contributed by atoms with E-state index in [9.17, 15) is 0 Å². The van der Waals surface area contributed by atoms with Crippen molar-refractivity contribution >= 4 is 0 Å². The first-order valence-corrected chi connectivity index (χ1v) is 5.14. The summed E-state index contributed by atoms with van der Waals surface area (Å²) in [5, 5.41) is 17.3.